The van der Waals surface area contributed by atoms with E-state index in [4.69, 9.17) is 4.74 Å². The van der Waals surface area contributed by atoms with Crippen LogP contribution in [-0.4, -0.2) is 61.5 Å². The van der Waals surface area contributed by atoms with Gasteiger partial charge in [-0.05, 0) is 49.8 Å². The van der Waals surface area contributed by atoms with Crippen LogP contribution in [-0.2, 0) is 20.7 Å². The first-order valence-corrected chi connectivity index (χ1v) is 10.0. The highest BCUT2D eigenvalue weighted by atomic mass is 16.5. The first-order valence-electron chi connectivity index (χ1n) is 10.0. The van der Waals surface area contributed by atoms with Gasteiger partial charge in [0.2, 0.25) is 11.8 Å². The summed E-state index contributed by atoms with van der Waals surface area (Å²) in [5, 5.41) is 0. The second-order valence-electron chi connectivity index (χ2n) is 8.32. The molecule has 1 unspecified atom stereocenters. The van der Waals surface area contributed by atoms with Crippen molar-refractivity contribution in [2.24, 2.45) is 5.41 Å². The van der Waals surface area contributed by atoms with Gasteiger partial charge in [0.25, 0.3) is 0 Å². The molecule has 1 spiro atoms. The molecule has 0 bridgehead atoms. The second kappa shape index (κ2) is 8.42. The van der Waals surface area contributed by atoms with Crippen molar-refractivity contribution in [1.29, 1.82) is 0 Å². The highest BCUT2D eigenvalue weighted by molar-refractivity contribution is 5.79. The molecular weight excluding hydrogens is 340 g/mol. The Kier molecular flexibility index (Phi) is 6.20. The SMILES string of the molecule is COCCN1CC2(CCCN(C(=O)Cc3ccc(C)c(C)c3)C2)CCC1=O. The van der Waals surface area contributed by atoms with Crippen LogP contribution < -0.4 is 0 Å². The zero-order valence-corrected chi connectivity index (χ0v) is 16.9. The fourth-order valence-corrected chi connectivity index (χ4v) is 4.46. The van der Waals surface area contributed by atoms with Crippen LogP contribution in [0.1, 0.15) is 42.4 Å². The molecule has 3 rings (SSSR count). The average Bonchev–Trinajstić information content (AvgIpc) is 2.66. The van der Waals surface area contributed by atoms with Crippen molar-refractivity contribution in [3.8, 4) is 0 Å². The van der Waals surface area contributed by atoms with Gasteiger partial charge in [0, 0.05) is 45.1 Å². The van der Waals surface area contributed by atoms with Gasteiger partial charge in [0.1, 0.15) is 0 Å². The molecule has 2 amide bonds. The summed E-state index contributed by atoms with van der Waals surface area (Å²) in [5.41, 5.74) is 3.63. The van der Waals surface area contributed by atoms with Crippen molar-refractivity contribution in [3.05, 3.63) is 34.9 Å². The van der Waals surface area contributed by atoms with E-state index in [1.807, 2.05) is 9.80 Å². The van der Waals surface area contributed by atoms with Gasteiger partial charge in [-0.3, -0.25) is 9.59 Å². The lowest BCUT2D eigenvalue weighted by Crippen LogP contribution is -2.55. The Hall–Kier alpha value is -1.88. The van der Waals surface area contributed by atoms with Gasteiger partial charge in [0.15, 0.2) is 0 Å². The summed E-state index contributed by atoms with van der Waals surface area (Å²) in [6.45, 7) is 7.75. The van der Waals surface area contributed by atoms with Crippen molar-refractivity contribution in [3.63, 3.8) is 0 Å². The topological polar surface area (TPSA) is 49.9 Å². The maximum atomic E-state index is 12.9. The predicted molar refractivity (Wildman–Crippen MR) is 106 cm³/mol. The molecule has 0 aromatic heterocycles. The van der Waals surface area contributed by atoms with E-state index in [0.717, 1.165) is 44.5 Å². The molecule has 5 nitrogen and oxygen atoms in total. The van der Waals surface area contributed by atoms with Crippen molar-refractivity contribution in [2.45, 2.75) is 46.0 Å². The fraction of sp³-hybridized carbons (Fsp3) is 0.636. The van der Waals surface area contributed by atoms with Crippen molar-refractivity contribution >= 4 is 11.8 Å². The van der Waals surface area contributed by atoms with E-state index in [1.165, 1.54) is 11.1 Å². The highest BCUT2D eigenvalue weighted by Crippen LogP contribution is 2.39. The number of rotatable bonds is 5. The lowest BCUT2D eigenvalue weighted by atomic mass is 9.73. The number of piperidine rings is 2. The van der Waals surface area contributed by atoms with Crippen LogP contribution in [0.5, 0.6) is 0 Å². The lowest BCUT2D eigenvalue weighted by molar-refractivity contribution is -0.143. The Morgan fingerprint density at radius 2 is 2.00 bits per heavy atom. The minimum atomic E-state index is 0.0543. The van der Waals surface area contributed by atoms with Crippen LogP contribution in [0.15, 0.2) is 18.2 Å². The molecule has 1 aromatic carbocycles. The summed E-state index contributed by atoms with van der Waals surface area (Å²) in [5.74, 6) is 0.425. The molecule has 0 aliphatic carbocycles. The number of carbonyl (C=O) groups excluding carboxylic acids is 2. The van der Waals surface area contributed by atoms with E-state index in [0.29, 0.717) is 26.0 Å². The summed E-state index contributed by atoms with van der Waals surface area (Å²) in [7, 11) is 1.66. The Morgan fingerprint density at radius 1 is 1.19 bits per heavy atom. The third kappa shape index (κ3) is 4.70. The molecule has 0 saturated carbocycles. The molecule has 148 valence electrons. The number of aryl methyl sites for hydroxylation is 2. The number of benzene rings is 1. The van der Waals surface area contributed by atoms with Crippen LogP contribution in [0.3, 0.4) is 0 Å². The molecule has 5 heteroatoms. The van der Waals surface area contributed by atoms with E-state index in [9.17, 15) is 9.59 Å². The van der Waals surface area contributed by atoms with E-state index < -0.39 is 0 Å². The van der Waals surface area contributed by atoms with Crippen LogP contribution >= 0.6 is 0 Å². The van der Waals surface area contributed by atoms with Crippen LogP contribution in [0, 0.1) is 19.3 Å². The number of amides is 2. The molecule has 1 aromatic rings. The van der Waals surface area contributed by atoms with Crippen molar-refractivity contribution < 1.29 is 14.3 Å². The van der Waals surface area contributed by atoms with Gasteiger partial charge in [-0.25, -0.2) is 0 Å². The van der Waals surface area contributed by atoms with Crippen molar-refractivity contribution in [2.75, 3.05) is 39.9 Å². The molecule has 0 radical (unpaired) electrons. The standard InChI is InChI=1S/C22H32N2O3/c1-17-5-6-19(13-18(17)2)14-21(26)23-10-4-8-22(15-23)9-7-20(25)24(16-22)11-12-27-3/h5-6,13H,4,7-12,14-16H2,1-3H3. The molecule has 2 heterocycles. The fourth-order valence-electron chi connectivity index (χ4n) is 4.46. The molecule has 27 heavy (non-hydrogen) atoms. The Morgan fingerprint density at radius 3 is 2.74 bits per heavy atom. The third-order valence-corrected chi connectivity index (χ3v) is 6.25. The molecule has 0 N–H and O–H groups in total. The van der Waals surface area contributed by atoms with E-state index in [2.05, 4.69) is 32.0 Å². The first-order chi connectivity index (χ1) is 12.9. The average molecular weight is 373 g/mol. The van der Waals surface area contributed by atoms with Gasteiger partial charge in [-0.1, -0.05) is 18.2 Å². The van der Waals surface area contributed by atoms with E-state index >= 15 is 0 Å². The predicted octanol–water partition coefficient (Wildman–Crippen LogP) is 2.72. The number of nitrogens with zero attached hydrogens (tertiary/aromatic N) is 2. The van der Waals surface area contributed by atoms with Gasteiger partial charge >= 0.3 is 0 Å². The number of likely N-dealkylation sites (tertiary alicyclic amines) is 2. The summed E-state index contributed by atoms with van der Waals surface area (Å²) in [6.07, 6.45) is 4.05. The smallest absolute Gasteiger partial charge is 0.227 e. The zero-order chi connectivity index (χ0) is 19.4. The molecule has 2 saturated heterocycles. The van der Waals surface area contributed by atoms with Crippen LogP contribution in [0.4, 0.5) is 0 Å². The summed E-state index contributed by atoms with van der Waals surface area (Å²) in [6, 6.07) is 6.28. The van der Waals surface area contributed by atoms with Crippen LogP contribution in [0.25, 0.3) is 0 Å². The number of ether oxygens (including phenoxy) is 1. The number of hydrogen-bond acceptors (Lipinski definition) is 3. The van der Waals surface area contributed by atoms with Gasteiger partial charge in [-0.15, -0.1) is 0 Å². The van der Waals surface area contributed by atoms with E-state index in [1.54, 1.807) is 7.11 Å². The maximum absolute atomic E-state index is 12.9. The van der Waals surface area contributed by atoms with E-state index in [-0.39, 0.29) is 17.2 Å². The minimum Gasteiger partial charge on any atom is -0.383 e. The largest absolute Gasteiger partial charge is 0.383 e. The summed E-state index contributed by atoms with van der Waals surface area (Å²) in [4.78, 5) is 29.1. The number of methoxy groups -OCH3 is 1. The summed E-state index contributed by atoms with van der Waals surface area (Å²) >= 11 is 0. The number of carbonyl (C=O) groups is 2. The minimum absolute atomic E-state index is 0.0543. The van der Waals surface area contributed by atoms with Crippen molar-refractivity contribution in [1.82, 2.24) is 9.80 Å². The zero-order valence-electron chi connectivity index (χ0n) is 16.9. The normalized spacial score (nSPS) is 23.1. The summed E-state index contributed by atoms with van der Waals surface area (Å²) < 4.78 is 5.15. The number of hydrogen-bond donors (Lipinski definition) is 0. The van der Waals surface area contributed by atoms with Gasteiger partial charge in [0.05, 0.1) is 13.0 Å². The quantitative estimate of drug-likeness (QED) is 0.799. The molecular formula is C22H32N2O3. The molecule has 2 fully saturated rings. The lowest BCUT2D eigenvalue weighted by Gasteiger charge is -2.48. The third-order valence-electron chi connectivity index (χ3n) is 6.25. The Bertz CT molecular complexity index is 703. The van der Waals surface area contributed by atoms with Gasteiger partial charge in [-0.2, -0.15) is 0 Å². The monoisotopic (exact) mass is 372 g/mol. The second-order valence-corrected chi connectivity index (χ2v) is 8.32. The first kappa shape index (κ1) is 19.9. The molecule has 2 aliphatic rings. The van der Waals surface area contributed by atoms with Gasteiger partial charge < -0.3 is 14.5 Å². The Labute approximate surface area is 162 Å². The Balaban J connectivity index is 1.65. The maximum Gasteiger partial charge on any atom is 0.227 e. The molecule has 2 aliphatic heterocycles. The highest BCUT2D eigenvalue weighted by Gasteiger charge is 2.42. The van der Waals surface area contributed by atoms with Crippen LogP contribution in [0.2, 0.25) is 0 Å². The molecule has 1 atom stereocenters.